The average Bonchev–Trinajstić information content (AvgIpc) is 3.51. The summed E-state index contributed by atoms with van der Waals surface area (Å²) in [7, 11) is 2.79. The number of aromatic nitrogens is 4. The standard InChI is InChI=1S/C21H19N7O7S2/c1-26-21(33)28-12(23-26)5-6-13(24-28)36-8-10-9-37-19-15(18(30)27(19)16(10)20(31)32)22-17(29)14(25-34-2)11-4-3-7-35-11/h3-7,15,19H,8-9H2,1-2H3,(H,22,29)(H,31,32)/b25-14-/t15?,19-/m1/s1. The molecule has 2 N–H and O–H groups in total. The number of nitrogens with zero attached hydrogens (tertiary/aromatic N) is 6. The van der Waals surface area contributed by atoms with Crippen molar-refractivity contribution in [2.24, 2.45) is 12.2 Å². The lowest BCUT2D eigenvalue weighted by Crippen LogP contribution is -2.71. The number of carbonyl (C=O) groups excluding carboxylic acids is 2. The van der Waals surface area contributed by atoms with Gasteiger partial charge in [0, 0.05) is 18.6 Å². The lowest BCUT2D eigenvalue weighted by molar-refractivity contribution is -0.150. The molecule has 3 aromatic heterocycles. The van der Waals surface area contributed by atoms with Crippen LogP contribution in [0.1, 0.15) is 5.76 Å². The molecule has 14 nitrogen and oxygen atoms in total. The number of furan rings is 1. The van der Waals surface area contributed by atoms with Gasteiger partial charge in [0.25, 0.3) is 11.8 Å². The summed E-state index contributed by atoms with van der Waals surface area (Å²) in [6.07, 6.45) is 1.37. The Bertz CT molecular complexity index is 1530. The molecule has 2 aliphatic rings. The van der Waals surface area contributed by atoms with Crippen LogP contribution < -0.4 is 11.0 Å². The molecule has 0 radical (unpaired) electrons. The highest BCUT2D eigenvalue weighted by Crippen LogP contribution is 2.41. The van der Waals surface area contributed by atoms with Gasteiger partial charge >= 0.3 is 11.7 Å². The van der Waals surface area contributed by atoms with Gasteiger partial charge in [-0.15, -0.1) is 28.6 Å². The maximum Gasteiger partial charge on any atom is 0.366 e. The van der Waals surface area contributed by atoms with Gasteiger partial charge in [-0.3, -0.25) is 14.5 Å². The number of β-lactam (4-membered cyclic amide) rings is 1. The van der Waals surface area contributed by atoms with Crippen LogP contribution in [-0.4, -0.2) is 82.9 Å². The van der Waals surface area contributed by atoms with Crippen LogP contribution >= 0.6 is 23.5 Å². The predicted octanol–water partition coefficient (Wildman–Crippen LogP) is -0.0976. The van der Waals surface area contributed by atoms with Gasteiger partial charge in [-0.25, -0.2) is 14.3 Å². The summed E-state index contributed by atoms with van der Waals surface area (Å²) in [6, 6.07) is 5.48. The van der Waals surface area contributed by atoms with E-state index in [0.29, 0.717) is 22.0 Å². The number of fused-ring (bicyclic) bond motifs is 2. The van der Waals surface area contributed by atoms with Crippen LogP contribution in [0.2, 0.25) is 0 Å². The van der Waals surface area contributed by atoms with E-state index in [1.807, 2.05) is 0 Å². The Morgan fingerprint density at radius 1 is 1.32 bits per heavy atom. The molecule has 0 spiro atoms. The number of rotatable bonds is 8. The molecule has 3 aromatic rings. The monoisotopic (exact) mass is 545 g/mol. The molecule has 192 valence electrons. The molecule has 37 heavy (non-hydrogen) atoms. The largest absolute Gasteiger partial charge is 0.477 e. The van der Waals surface area contributed by atoms with Gasteiger partial charge in [0.05, 0.1) is 6.26 Å². The van der Waals surface area contributed by atoms with Crippen molar-refractivity contribution >= 4 is 52.7 Å². The van der Waals surface area contributed by atoms with E-state index in [-0.39, 0.29) is 22.9 Å². The smallest absolute Gasteiger partial charge is 0.366 e. The lowest BCUT2D eigenvalue weighted by Gasteiger charge is -2.49. The van der Waals surface area contributed by atoms with Gasteiger partial charge in [0.1, 0.15) is 29.2 Å². The summed E-state index contributed by atoms with van der Waals surface area (Å²) in [6.45, 7) is 0. The van der Waals surface area contributed by atoms with Crippen LogP contribution in [-0.2, 0) is 26.3 Å². The molecular weight excluding hydrogens is 526 g/mol. The first-order valence-corrected chi connectivity index (χ1v) is 12.8. The molecular formula is C21H19N7O7S2. The number of aliphatic carboxylic acids is 1. The van der Waals surface area contributed by atoms with Gasteiger partial charge in [0.2, 0.25) is 5.71 Å². The summed E-state index contributed by atoms with van der Waals surface area (Å²) in [5.74, 6) is -1.78. The fourth-order valence-corrected chi connectivity index (χ4v) is 6.23. The van der Waals surface area contributed by atoms with Crippen molar-refractivity contribution in [3.8, 4) is 0 Å². The van der Waals surface area contributed by atoms with E-state index >= 15 is 0 Å². The molecule has 16 heteroatoms. The number of hydrogen-bond donors (Lipinski definition) is 2. The second kappa shape index (κ2) is 9.78. The number of carbonyl (C=O) groups is 3. The number of thioether (sulfide) groups is 2. The fraction of sp³-hybridized carbons (Fsp3) is 0.286. The highest BCUT2D eigenvalue weighted by atomic mass is 32.2. The van der Waals surface area contributed by atoms with Crippen molar-refractivity contribution in [1.29, 1.82) is 0 Å². The minimum Gasteiger partial charge on any atom is -0.477 e. The maximum atomic E-state index is 13.0. The van der Waals surface area contributed by atoms with Crippen LogP contribution in [0.3, 0.4) is 0 Å². The van der Waals surface area contributed by atoms with Crippen molar-refractivity contribution < 1.29 is 28.7 Å². The number of aryl methyl sites for hydroxylation is 1. The van der Waals surface area contributed by atoms with Gasteiger partial charge < -0.3 is 19.7 Å². The second-order valence-corrected chi connectivity index (χ2v) is 9.96. The summed E-state index contributed by atoms with van der Waals surface area (Å²) in [5, 5.41) is 24.4. The SMILES string of the molecule is CO/N=C(\C(=O)NC1C(=O)N2C(C(=O)O)=C(CSc3ccc4nn(C)c(=O)n4n3)CS[C@H]12)c1ccco1. The molecule has 0 aromatic carbocycles. The summed E-state index contributed by atoms with van der Waals surface area (Å²) in [5.41, 5.74) is 0.243. The summed E-state index contributed by atoms with van der Waals surface area (Å²) >= 11 is 2.57. The number of carboxylic acids is 1. The van der Waals surface area contributed by atoms with Gasteiger partial charge in [-0.1, -0.05) is 5.16 Å². The normalized spacial score (nSPS) is 19.6. The number of oxime groups is 1. The summed E-state index contributed by atoms with van der Waals surface area (Å²) < 4.78 is 7.54. The zero-order valence-corrected chi connectivity index (χ0v) is 21.0. The van der Waals surface area contributed by atoms with Crippen LogP contribution in [0.5, 0.6) is 0 Å². The van der Waals surface area contributed by atoms with Crippen molar-refractivity contribution in [1.82, 2.24) is 29.6 Å². The highest BCUT2D eigenvalue weighted by Gasteiger charge is 2.54. The molecule has 2 atom stereocenters. The molecule has 5 heterocycles. The predicted molar refractivity (Wildman–Crippen MR) is 131 cm³/mol. The van der Waals surface area contributed by atoms with E-state index in [4.69, 9.17) is 9.25 Å². The Morgan fingerprint density at radius 3 is 2.84 bits per heavy atom. The van der Waals surface area contributed by atoms with Gasteiger partial charge in [-0.2, -0.15) is 9.61 Å². The van der Waals surface area contributed by atoms with E-state index in [1.165, 1.54) is 59.6 Å². The number of nitrogens with one attached hydrogen (secondary N) is 1. The second-order valence-electron chi connectivity index (χ2n) is 7.85. The zero-order chi connectivity index (χ0) is 26.3. The Morgan fingerprint density at radius 2 is 2.14 bits per heavy atom. The molecule has 1 fully saturated rings. The zero-order valence-electron chi connectivity index (χ0n) is 19.4. The molecule has 2 amide bonds. The third-order valence-electron chi connectivity index (χ3n) is 5.58. The van der Waals surface area contributed by atoms with E-state index in [2.05, 4.69) is 20.7 Å². The van der Waals surface area contributed by atoms with E-state index in [1.54, 1.807) is 18.2 Å². The Labute approximate surface area is 216 Å². The Balaban J connectivity index is 1.32. The molecule has 0 aliphatic carbocycles. The number of hydrogen-bond acceptors (Lipinski definition) is 11. The Kier molecular flexibility index (Phi) is 6.51. The first-order valence-electron chi connectivity index (χ1n) is 10.7. The minimum absolute atomic E-state index is 0.122. The molecule has 0 saturated carbocycles. The molecule has 2 aliphatic heterocycles. The van der Waals surface area contributed by atoms with Crippen LogP contribution in [0.25, 0.3) is 5.65 Å². The minimum atomic E-state index is -1.25. The Hall–Kier alpha value is -4.05. The fourth-order valence-electron chi connectivity index (χ4n) is 3.89. The van der Waals surface area contributed by atoms with Crippen molar-refractivity contribution in [3.63, 3.8) is 0 Å². The van der Waals surface area contributed by atoms with Crippen LogP contribution in [0, 0.1) is 0 Å². The summed E-state index contributed by atoms with van der Waals surface area (Å²) in [4.78, 5) is 55.9. The quantitative estimate of drug-likeness (QED) is 0.167. The molecule has 0 bridgehead atoms. The molecule has 1 saturated heterocycles. The maximum absolute atomic E-state index is 13.0. The van der Waals surface area contributed by atoms with Crippen LogP contribution in [0.15, 0.2) is 61.2 Å². The van der Waals surface area contributed by atoms with E-state index in [0.717, 1.165) is 4.52 Å². The third-order valence-corrected chi connectivity index (χ3v) is 7.93. The molecule has 5 rings (SSSR count). The van der Waals surface area contributed by atoms with Crippen molar-refractivity contribution in [2.45, 2.75) is 16.4 Å². The highest BCUT2D eigenvalue weighted by molar-refractivity contribution is 8.01. The van der Waals surface area contributed by atoms with Crippen LogP contribution in [0.4, 0.5) is 0 Å². The van der Waals surface area contributed by atoms with Gasteiger partial charge in [-0.05, 0) is 29.8 Å². The van der Waals surface area contributed by atoms with Crippen molar-refractivity contribution in [2.75, 3.05) is 18.6 Å². The van der Waals surface area contributed by atoms with E-state index in [9.17, 15) is 24.3 Å². The first kappa shape index (κ1) is 24.6. The topological polar surface area (TPSA) is 174 Å². The van der Waals surface area contributed by atoms with Crippen molar-refractivity contribution in [3.05, 3.63) is 58.0 Å². The van der Waals surface area contributed by atoms with Gasteiger partial charge in [0.15, 0.2) is 11.4 Å². The number of carboxylic acid groups (broad SMARTS) is 1. The number of amides is 2. The lowest BCUT2D eigenvalue weighted by atomic mass is 10.0. The first-order chi connectivity index (χ1) is 17.8. The molecule has 1 unspecified atom stereocenters. The third kappa shape index (κ3) is 4.37. The average molecular weight is 546 g/mol. The van der Waals surface area contributed by atoms with E-state index < -0.39 is 34.9 Å².